The van der Waals surface area contributed by atoms with Crippen molar-refractivity contribution in [2.45, 2.75) is 6.42 Å². The molecule has 0 bridgehead atoms. The zero-order valence-corrected chi connectivity index (χ0v) is 8.00. The summed E-state index contributed by atoms with van der Waals surface area (Å²) in [5, 5.41) is 18.5. The van der Waals surface area contributed by atoms with Crippen LogP contribution in [0, 0.1) is 10.1 Å². The monoisotopic (exact) mass is 209 g/mol. The Morgan fingerprint density at radius 3 is 2.60 bits per heavy atom. The van der Waals surface area contributed by atoms with Gasteiger partial charge in [-0.15, -0.1) is 0 Å². The maximum atomic E-state index is 10.3. The lowest BCUT2D eigenvalue weighted by Crippen LogP contribution is -1.93. The molecule has 0 saturated heterocycles. The third-order valence-corrected chi connectivity index (χ3v) is 1.36. The fourth-order valence-electron chi connectivity index (χ4n) is 0.696. The minimum Gasteiger partial charge on any atom is -0.478 e. The Balaban J connectivity index is 4.13. The predicted molar refractivity (Wildman–Crippen MR) is 55.8 cm³/mol. The molecule has 0 spiro atoms. The molecule has 0 saturated carbocycles. The highest BCUT2D eigenvalue weighted by Gasteiger charge is 2.00. The van der Waals surface area contributed by atoms with Crippen LogP contribution in [0.3, 0.4) is 0 Å². The summed E-state index contributed by atoms with van der Waals surface area (Å²) in [5.41, 5.74) is -0.103. The first-order valence-corrected chi connectivity index (χ1v) is 4.11. The minimum atomic E-state index is -1.02. The third kappa shape index (κ3) is 6.94. The fraction of sp³-hybridized carbons (Fsp3) is 0.100. The summed E-state index contributed by atoms with van der Waals surface area (Å²) in [7, 11) is 0. The third-order valence-electron chi connectivity index (χ3n) is 1.36. The number of carboxylic acid groups (broad SMARTS) is 1. The van der Waals surface area contributed by atoms with E-state index in [0.717, 1.165) is 12.2 Å². The van der Waals surface area contributed by atoms with Crippen LogP contribution < -0.4 is 0 Å². The number of hydrogen-bond donors (Lipinski definition) is 1. The second-order valence-corrected chi connectivity index (χ2v) is 2.46. The summed E-state index contributed by atoms with van der Waals surface area (Å²) in [6, 6.07) is 0. The van der Waals surface area contributed by atoms with Gasteiger partial charge >= 0.3 is 5.97 Å². The van der Waals surface area contributed by atoms with Gasteiger partial charge in [0, 0.05) is 18.2 Å². The van der Waals surface area contributed by atoms with Crippen LogP contribution in [0.25, 0.3) is 0 Å². The molecule has 0 rings (SSSR count). The Hall–Kier alpha value is -2.17. The van der Waals surface area contributed by atoms with Gasteiger partial charge in [-0.05, 0) is 6.42 Å². The van der Waals surface area contributed by atoms with Gasteiger partial charge in [-0.1, -0.05) is 24.8 Å². The summed E-state index contributed by atoms with van der Waals surface area (Å²) in [6.45, 7) is 3.28. The van der Waals surface area contributed by atoms with Crippen LogP contribution in [-0.4, -0.2) is 16.0 Å². The molecule has 0 aromatic carbocycles. The zero-order chi connectivity index (χ0) is 11.7. The Labute approximate surface area is 86.9 Å². The smallest absolute Gasteiger partial charge is 0.327 e. The number of aliphatic carboxylic acids is 1. The number of nitrogens with zero attached hydrogens (tertiary/aromatic N) is 1. The Kier molecular flexibility index (Phi) is 6.20. The first kappa shape index (κ1) is 12.8. The molecule has 15 heavy (non-hydrogen) atoms. The van der Waals surface area contributed by atoms with Crippen LogP contribution in [0.5, 0.6) is 0 Å². The van der Waals surface area contributed by atoms with E-state index in [0.29, 0.717) is 6.42 Å². The van der Waals surface area contributed by atoms with Crippen LogP contribution in [0.2, 0.25) is 0 Å². The topological polar surface area (TPSA) is 80.4 Å². The van der Waals surface area contributed by atoms with Crippen molar-refractivity contribution in [2.24, 2.45) is 0 Å². The van der Waals surface area contributed by atoms with Gasteiger partial charge in [-0.3, -0.25) is 10.1 Å². The Morgan fingerprint density at radius 2 is 2.13 bits per heavy atom. The average molecular weight is 209 g/mol. The van der Waals surface area contributed by atoms with E-state index in [1.807, 2.05) is 0 Å². The van der Waals surface area contributed by atoms with E-state index in [-0.39, 0.29) is 5.70 Å². The van der Waals surface area contributed by atoms with Gasteiger partial charge in [-0.2, -0.15) is 0 Å². The van der Waals surface area contributed by atoms with E-state index in [1.54, 1.807) is 6.08 Å². The number of carboxylic acids is 1. The molecule has 0 atom stereocenters. The van der Waals surface area contributed by atoms with Crippen molar-refractivity contribution in [3.8, 4) is 0 Å². The van der Waals surface area contributed by atoms with Gasteiger partial charge in [0.25, 0.3) is 5.70 Å². The Bertz CT molecular complexity index is 339. The van der Waals surface area contributed by atoms with Crippen LogP contribution in [0.15, 0.2) is 48.7 Å². The van der Waals surface area contributed by atoms with Crippen LogP contribution in [0.4, 0.5) is 0 Å². The van der Waals surface area contributed by atoms with Crippen LogP contribution in [0.1, 0.15) is 6.42 Å². The molecule has 0 radical (unpaired) electrons. The van der Waals surface area contributed by atoms with Gasteiger partial charge < -0.3 is 5.11 Å². The van der Waals surface area contributed by atoms with Crippen LogP contribution in [-0.2, 0) is 4.79 Å². The summed E-state index contributed by atoms with van der Waals surface area (Å²) >= 11 is 0. The Morgan fingerprint density at radius 1 is 1.47 bits per heavy atom. The van der Waals surface area contributed by atoms with E-state index in [1.165, 1.54) is 18.2 Å². The average Bonchev–Trinajstić information content (AvgIpc) is 2.15. The molecular weight excluding hydrogens is 198 g/mol. The molecule has 1 N–H and O–H groups in total. The normalized spacial score (nSPS) is 12.1. The standard InChI is InChI=1S/C10H11NO4/c1-2-9(11(14)15)7-5-3-4-6-8-10(12)13/h2-3,5-8H,1,4H2,(H,12,13)/b5-3-,8-6+,9-7+. The summed E-state index contributed by atoms with van der Waals surface area (Å²) < 4.78 is 0. The van der Waals surface area contributed by atoms with Crippen LogP contribution >= 0.6 is 0 Å². The van der Waals surface area contributed by atoms with E-state index in [4.69, 9.17) is 5.11 Å². The lowest BCUT2D eigenvalue weighted by molar-refractivity contribution is -0.418. The SMILES string of the molecule is C=C/C(=C\C=C/C/C=C/C(=O)O)[N+](=O)[O-]. The predicted octanol–water partition coefficient (Wildman–Crippen LogP) is 1.92. The second-order valence-electron chi connectivity index (χ2n) is 2.46. The molecule has 5 heteroatoms. The van der Waals surface area contributed by atoms with Crippen molar-refractivity contribution < 1.29 is 14.8 Å². The molecule has 0 heterocycles. The van der Waals surface area contributed by atoms with Gasteiger partial charge in [0.2, 0.25) is 0 Å². The molecular formula is C10H11NO4. The largest absolute Gasteiger partial charge is 0.478 e. The molecule has 0 fully saturated rings. The van der Waals surface area contributed by atoms with Gasteiger partial charge in [0.1, 0.15) is 0 Å². The van der Waals surface area contributed by atoms with Gasteiger partial charge in [0.05, 0.1) is 4.92 Å². The number of allylic oxidation sites excluding steroid dienone is 5. The number of hydrogen-bond acceptors (Lipinski definition) is 3. The molecule has 0 aliphatic heterocycles. The van der Waals surface area contributed by atoms with Crippen molar-refractivity contribution in [2.75, 3.05) is 0 Å². The molecule has 80 valence electrons. The first-order chi connectivity index (χ1) is 7.07. The number of rotatable bonds is 6. The van der Waals surface area contributed by atoms with Crippen molar-refractivity contribution in [1.82, 2.24) is 0 Å². The zero-order valence-electron chi connectivity index (χ0n) is 8.00. The van der Waals surface area contributed by atoms with E-state index in [9.17, 15) is 14.9 Å². The second kappa shape index (κ2) is 7.25. The molecule has 0 aliphatic carbocycles. The molecule has 0 aromatic heterocycles. The van der Waals surface area contributed by atoms with Gasteiger partial charge in [-0.25, -0.2) is 4.79 Å². The molecule has 0 aliphatic rings. The highest BCUT2D eigenvalue weighted by Crippen LogP contribution is 1.97. The summed E-state index contributed by atoms with van der Waals surface area (Å²) in [5.74, 6) is -1.02. The maximum Gasteiger partial charge on any atom is 0.327 e. The van der Waals surface area contributed by atoms with Crippen molar-refractivity contribution >= 4 is 5.97 Å². The lowest BCUT2D eigenvalue weighted by Gasteiger charge is -1.86. The number of nitro groups is 1. The summed E-state index contributed by atoms with van der Waals surface area (Å²) in [6.07, 6.45) is 8.37. The molecule has 0 aromatic rings. The first-order valence-electron chi connectivity index (χ1n) is 4.11. The van der Waals surface area contributed by atoms with E-state index >= 15 is 0 Å². The van der Waals surface area contributed by atoms with E-state index < -0.39 is 10.9 Å². The molecule has 0 amide bonds. The maximum absolute atomic E-state index is 10.3. The summed E-state index contributed by atoms with van der Waals surface area (Å²) in [4.78, 5) is 19.8. The highest BCUT2D eigenvalue weighted by atomic mass is 16.6. The minimum absolute atomic E-state index is 0.103. The van der Waals surface area contributed by atoms with Gasteiger partial charge in [0.15, 0.2) is 0 Å². The molecule has 5 nitrogen and oxygen atoms in total. The van der Waals surface area contributed by atoms with Crippen molar-refractivity contribution in [3.05, 3.63) is 58.8 Å². The number of carbonyl (C=O) groups is 1. The van der Waals surface area contributed by atoms with Crippen molar-refractivity contribution in [3.63, 3.8) is 0 Å². The van der Waals surface area contributed by atoms with Crippen molar-refractivity contribution in [1.29, 1.82) is 0 Å². The highest BCUT2D eigenvalue weighted by molar-refractivity contribution is 5.79. The lowest BCUT2D eigenvalue weighted by atomic mass is 10.3. The quantitative estimate of drug-likeness (QED) is 0.313. The fourth-order valence-corrected chi connectivity index (χ4v) is 0.696. The molecule has 0 unspecified atom stereocenters. The van der Waals surface area contributed by atoms with E-state index in [2.05, 4.69) is 6.58 Å².